The summed E-state index contributed by atoms with van der Waals surface area (Å²) in [5.41, 5.74) is 2.02. The highest BCUT2D eigenvalue weighted by Gasteiger charge is 2.00. The molecule has 1 amide bonds. The van der Waals surface area contributed by atoms with Crippen molar-refractivity contribution in [2.24, 2.45) is 0 Å². The lowest BCUT2D eigenvalue weighted by Crippen LogP contribution is -2.07. The van der Waals surface area contributed by atoms with Crippen LogP contribution in [0.5, 0.6) is 0 Å². The van der Waals surface area contributed by atoms with Crippen LogP contribution in [-0.4, -0.2) is 12.2 Å². The molecule has 19 heavy (non-hydrogen) atoms. The molecule has 0 fully saturated rings. The van der Waals surface area contributed by atoms with E-state index in [0.717, 1.165) is 15.5 Å². The van der Waals surface area contributed by atoms with E-state index in [-0.39, 0.29) is 5.91 Å². The molecule has 0 atom stereocenters. The fourth-order valence-electron chi connectivity index (χ4n) is 1.59. The molecule has 0 spiro atoms. The van der Waals surface area contributed by atoms with E-state index in [4.69, 9.17) is 0 Å². The Hall–Kier alpha value is -1.52. The van der Waals surface area contributed by atoms with Crippen molar-refractivity contribution >= 4 is 40.8 Å². The molecule has 0 aliphatic heterocycles. The van der Waals surface area contributed by atoms with E-state index < -0.39 is 0 Å². The molecule has 2 rings (SSSR count). The van der Waals surface area contributed by atoms with Crippen molar-refractivity contribution in [2.75, 3.05) is 11.6 Å². The summed E-state index contributed by atoms with van der Waals surface area (Å²) in [7, 11) is 0. The minimum absolute atomic E-state index is 0.106. The molecule has 0 radical (unpaired) electrons. The van der Waals surface area contributed by atoms with Crippen molar-refractivity contribution in [3.63, 3.8) is 0 Å². The first-order chi connectivity index (χ1) is 9.19. The average Bonchev–Trinajstić information content (AvgIpc) is 2.82. The lowest BCUT2D eigenvalue weighted by Gasteiger charge is -2.03. The first-order valence-corrected chi connectivity index (χ1v) is 7.96. The maximum atomic E-state index is 11.8. The van der Waals surface area contributed by atoms with Crippen LogP contribution in [0.25, 0.3) is 6.08 Å². The lowest BCUT2D eigenvalue weighted by molar-refractivity contribution is -0.111. The predicted molar refractivity (Wildman–Crippen MR) is 84.9 cm³/mol. The van der Waals surface area contributed by atoms with Gasteiger partial charge < -0.3 is 5.32 Å². The van der Waals surface area contributed by atoms with Gasteiger partial charge in [0.25, 0.3) is 0 Å². The van der Waals surface area contributed by atoms with Gasteiger partial charge in [0, 0.05) is 21.5 Å². The number of carbonyl (C=O) groups is 1. The maximum absolute atomic E-state index is 11.8. The number of hydrogen-bond acceptors (Lipinski definition) is 3. The fourth-order valence-corrected chi connectivity index (χ4v) is 2.87. The van der Waals surface area contributed by atoms with E-state index in [1.165, 1.54) is 5.56 Å². The summed E-state index contributed by atoms with van der Waals surface area (Å²) in [6.07, 6.45) is 5.44. The Labute approximate surface area is 121 Å². The third-order valence-corrected chi connectivity index (χ3v) is 4.33. The highest BCUT2D eigenvalue weighted by atomic mass is 32.2. The molecule has 0 saturated carbocycles. The number of nitrogens with one attached hydrogen (secondary N) is 1. The van der Waals surface area contributed by atoms with Gasteiger partial charge in [-0.3, -0.25) is 4.79 Å². The standard InChI is InChI=1S/C15H15NOS2/c1-11-8-9-19-14(11)6-7-15(17)16-12-4-3-5-13(10-12)18-2/h3-10H,1-2H3,(H,16,17)/b7-6+. The van der Waals surface area contributed by atoms with Crippen LogP contribution in [0.2, 0.25) is 0 Å². The number of thiophene rings is 1. The van der Waals surface area contributed by atoms with Crippen molar-refractivity contribution in [1.29, 1.82) is 0 Å². The average molecular weight is 289 g/mol. The van der Waals surface area contributed by atoms with E-state index >= 15 is 0 Å². The van der Waals surface area contributed by atoms with E-state index in [0.29, 0.717) is 0 Å². The highest BCUT2D eigenvalue weighted by molar-refractivity contribution is 7.98. The van der Waals surface area contributed by atoms with Crippen LogP contribution in [0.15, 0.2) is 46.7 Å². The van der Waals surface area contributed by atoms with Crippen LogP contribution in [0, 0.1) is 6.92 Å². The molecule has 4 heteroatoms. The number of rotatable bonds is 4. The number of aryl methyl sites for hydroxylation is 1. The number of carbonyl (C=O) groups excluding carboxylic acids is 1. The Bertz CT molecular complexity index is 602. The molecule has 1 N–H and O–H groups in total. The minimum Gasteiger partial charge on any atom is -0.322 e. The number of anilines is 1. The maximum Gasteiger partial charge on any atom is 0.248 e. The van der Waals surface area contributed by atoms with Gasteiger partial charge in [-0.15, -0.1) is 23.1 Å². The third-order valence-electron chi connectivity index (χ3n) is 2.63. The summed E-state index contributed by atoms with van der Waals surface area (Å²) >= 11 is 3.29. The van der Waals surface area contributed by atoms with Gasteiger partial charge in [0.1, 0.15) is 0 Å². The molecule has 1 aromatic carbocycles. The normalized spacial score (nSPS) is 10.8. The van der Waals surface area contributed by atoms with Gasteiger partial charge in [0.05, 0.1) is 0 Å². The Morgan fingerprint density at radius 3 is 2.89 bits per heavy atom. The van der Waals surface area contributed by atoms with Crippen molar-refractivity contribution in [3.05, 3.63) is 52.2 Å². The first-order valence-electron chi connectivity index (χ1n) is 5.86. The second-order valence-corrected chi connectivity index (χ2v) is 5.85. The molecule has 0 aliphatic carbocycles. The fraction of sp³-hybridized carbons (Fsp3) is 0.133. The molecule has 2 nitrogen and oxygen atoms in total. The smallest absolute Gasteiger partial charge is 0.248 e. The van der Waals surface area contributed by atoms with E-state index in [1.807, 2.05) is 55.0 Å². The third kappa shape index (κ3) is 3.98. The summed E-state index contributed by atoms with van der Waals surface area (Å²) in [4.78, 5) is 14.1. The van der Waals surface area contributed by atoms with Crippen molar-refractivity contribution < 1.29 is 4.79 Å². The van der Waals surface area contributed by atoms with E-state index in [2.05, 4.69) is 5.32 Å². The number of hydrogen-bond donors (Lipinski definition) is 1. The lowest BCUT2D eigenvalue weighted by atomic mass is 10.2. The van der Waals surface area contributed by atoms with Gasteiger partial charge in [-0.05, 0) is 54.5 Å². The second-order valence-electron chi connectivity index (χ2n) is 4.02. The summed E-state index contributed by atoms with van der Waals surface area (Å²) in [5.74, 6) is -0.106. The van der Waals surface area contributed by atoms with Crippen LogP contribution in [0.3, 0.4) is 0 Å². The van der Waals surface area contributed by atoms with Gasteiger partial charge >= 0.3 is 0 Å². The SMILES string of the molecule is CSc1cccc(NC(=O)/C=C/c2sccc2C)c1. The van der Waals surface area contributed by atoms with E-state index in [1.54, 1.807) is 29.2 Å². The number of benzene rings is 1. The summed E-state index contributed by atoms with van der Waals surface area (Å²) in [5, 5.41) is 4.89. The Balaban J connectivity index is 2.01. The number of amides is 1. The highest BCUT2D eigenvalue weighted by Crippen LogP contribution is 2.19. The molecule has 98 valence electrons. The molecule has 0 unspecified atom stereocenters. The van der Waals surface area contributed by atoms with E-state index in [9.17, 15) is 4.79 Å². The van der Waals surface area contributed by atoms with Crippen LogP contribution in [0.4, 0.5) is 5.69 Å². The van der Waals surface area contributed by atoms with Gasteiger partial charge in [-0.25, -0.2) is 0 Å². The molecular formula is C15H15NOS2. The Morgan fingerprint density at radius 2 is 2.21 bits per heavy atom. The zero-order chi connectivity index (χ0) is 13.7. The van der Waals surface area contributed by atoms with Crippen LogP contribution >= 0.6 is 23.1 Å². The van der Waals surface area contributed by atoms with Crippen molar-refractivity contribution in [2.45, 2.75) is 11.8 Å². The molecule has 1 aromatic heterocycles. The zero-order valence-electron chi connectivity index (χ0n) is 10.8. The quantitative estimate of drug-likeness (QED) is 0.666. The summed E-state index contributed by atoms with van der Waals surface area (Å²) < 4.78 is 0. The molecule has 0 aliphatic rings. The van der Waals surface area contributed by atoms with Crippen LogP contribution in [0.1, 0.15) is 10.4 Å². The summed E-state index contributed by atoms with van der Waals surface area (Å²) in [6.45, 7) is 2.04. The minimum atomic E-state index is -0.106. The summed E-state index contributed by atoms with van der Waals surface area (Å²) in [6, 6.07) is 9.86. The van der Waals surface area contributed by atoms with Crippen molar-refractivity contribution in [1.82, 2.24) is 0 Å². The Morgan fingerprint density at radius 1 is 1.37 bits per heavy atom. The molecular weight excluding hydrogens is 274 g/mol. The first kappa shape index (κ1) is 13.9. The zero-order valence-corrected chi connectivity index (χ0v) is 12.5. The molecule has 1 heterocycles. The monoisotopic (exact) mass is 289 g/mol. The largest absolute Gasteiger partial charge is 0.322 e. The topological polar surface area (TPSA) is 29.1 Å². The molecule has 0 bridgehead atoms. The van der Waals surface area contributed by atoms with Crippen LogP contribution in [-0.2, 0) is 4.79 Å². The second kappa shape index (κ2) is 6.59. The van der Waals surface area contributed by atoms with Crippen LogP contribution < -0.4 is 5.32 Å². The van der Waals surface area contributed by atoms with Crippen molar-refractivity contribution in [3.8, 4) is 0 Å². The van der Waals surface area contributed by atoms with Gasteiger partial charge in [0.15, 0.2) is 0 Å². The van der Waals surface area contributed by atoms with Gasteiger partial charge in [0.2, 0.25) is 5.91 Å². The Kier molecular flexibility index (Phi) is 4.82. The predicted octanol–water partition coefficient (Wildman–Crippen LogP) is 4.43. The molecule has 0 saturated heterocycles. The van der Waals surface area contributed by atoms with Gasteiger partial charge in [-0.2, -0.15) is 0 Å². The van der Waals surface area contributed by atoms with Gasteiger partial charge in [-0.1, -0.05) is 6.07 Å². The molecule has 2 aromatic rings. The number of thioether (sulfide) groups is 1.